The lowest BCUT2D eigenvalue weighted by Crippen LogP contribution is -2.60. The smallest absolute Gasteiger partial charge is 0.326 e. The lowest BCUT2D eigenvalue weighted by molar-refractivity contribution is -0.148. The lowest BCUT2D eigenvalue weighted by atomic mass is 10.0. The molecule has 3 amide bonds. The minimum atomic E-state index is -1.86. The van der Waals surface area contributed by atoms with Gasteiger partial charge < -0.3 is 42.1 Å². The predicted molar refractivity (Wildman–Crippen MR) is 118 cm³/mol. The molecule has 0 bridgehead atoms. The Kier molecular flexibility index (Phi) is 11.3. The van der Waals surface area contributed by atoms with Crippen molar-refractivity contribution in [1.29, 1.82) is 0 Å². The van der Waals surface area contributed by atoms with Gasteiger partial charge in [-0.1, -0.05) is 30.3 Å². The Hall–Kier alpha value is -4.04. The zero-order chi connectivity index (χ0) is 26.7. The molecular formula is C21H28N4O10. The summed E-state index contributed by atoms with van der Waals surface area (Å²) < 4.78 is 0. The maximum absolute atomic E-state index is 12.7. The van der Waals surface area contributed by atoms with Crippen LogP contribution in [0.3, 0.4) is 0 Å². The van der Waals surface area contributed by atoms with Gasteiger partial charge in [0, 0.05) is 0 Å². The number of benzene rings is 1. The second-order valence-electron chi connectivity index (χ2n) is 7.68. The first kappa shape index (κ1) is 29.0. The molecule has 14 heteroatoms. The van der Waals surface area contributed by atoms with Gasteiger partial charge in [-0.25, -0.2) is 4.79 Å². The van der Waals surface area contributed by atoms with Gasteiger partial charge in [0.05, 0.1) is 25.0 Å². The third kappa shape index (κ3) is 10.2. The van der Waals surface area contributed by atoms with E-state index >= 15 is 0 Å². The van der Waals surface area contributed by atoms with Gasteiger partial charge in [-0.3, -0.25) is 24.0 Å². The summed E-state index contributed by atoms with van der Waals surface area (Å²) in [4.78, 5) is 70.8. The molecule has 0 aliphatic rings. The highest BCUT2D eigenvalue weighted by molar-refractivity contribution is 5.96. The molecule has 192 valence electrons. The zero-order valence-electron chi connectivity index (χ0n) is 18.7. The number of aliphatic hydroxyl groups excluding tert-OH is 1. The van der Waals surface area contributed by atoms with Crippen molar-refractivity contribution in [3.63, 3.8) is 0 Å². The monoisotopic (exact) mass is 496 g/mol. The molecule has 0 heterocycles. The summed E-state index contributed by atoms with van der Waals surface area (Å²) in [5, 5.41) is 43.0. The highest BCUT2D eigenvalue weighted by atomic mass is 16.4. The molecule has 35 heavy (non-hydrogen) atoms. The normalized spacial score (nSPS) is 14.9. The maximum atomic E-state index is 12.7. The third-order valence-electron chi connectivity index (χ3n) is 4.70. The number of nitrogens with two attached hydrogens (primary N) is 1. The number of aliphatic hydroxyl groups is 1. The molecule has 0 fully saturated rings. The van der Waals surface area contributed by atoms with E-state index in [1.165, 1.54) is 0 Å². The van der Waals surface area contributed by atoms with Crippen LogP contribution in [0, 0.1) is 0 Å². The molecule has 1 rings (SSSR count). The average molecular weight is 496 g/mol. The fraction of sp³-hybridized carbons (Fsp3) is 0.429. The van der Waals surface area contributed by atoms with Gasteiger partial charge in [0.25, 0.3) is 0 Å². The summed E-state index contributed by atoms with van der Waals surface area (Å²) in [6.45, 7) is 1.08. The number of nitrogens with one attached hydrogen (secondary N) is 3. The van der Waals surface area contributed by atoms with Crippen LogP contribution in [0.1, 0.15) is 25.3 Å². The van der Waals surface area contributed by atoms with E-state index in [1.54, 1.807) is 30.3 Å². The van der Waals surface area contributed by atoms with Crippen molar-refractivity contribution < 1.29 is 49.2 Å². The van der Waals surface area contributed by atoms with Crippen LogP contribution in [0.2, 0.25) is 0 Å². The molecule has 0 saturated heterocycles. The topological polar surface area (TPSA) is 245 Å². The van der Waals surface area contributed by atoms with Crippen molar-refractivity contribution in [1.82, 2.24) is 16.0 Å². The Morgan fingerprint density at radius 2 is 1.31 bits per heavy atom. The highest BCUT2D eigenvalue weighted by Gasteiger charge is 2.34. The van der Waals surface area contributed by atoms with Crippen molar-refractivity contribution in [2.24, 2.45) is 5.73 Å². The van der Waals surface area contributed by atoms with Crippen molar-refractivity contribution in [3.05, 3.63) is 35.9 Å². The number of hydrogen-bond donors (Lipinski definition) is 8. The number of carboxylic acid groups (broad SMARTS) is 3. The molecule has 0 spiro atoms. The van der Waals surface area contributed by atoms with E-state index in [-0.39, 0.29) is 6.42 Å². The second-order valence-corrected chi connectivity index (χ2v) is 7.68. The highest BCUT2D eigenvalue weighted by Crippen LogP contribution is 2.04. The van der Waals surface area contributed by atoms with E-state index in [4.69, 9.17) is 21.1 Å². The molecular weight excluding hydrogens is 468 g/mol. The van der Waals surface area contributed by atoms with Crippen LogP contribution in [0.5, 0.6) is 0 Å². The number of amides is 3. The summed E-state index contributed by atoms with van der Waals surface area (Å²) in [5.41, 5.74) is 6.57. The van der Waals surface area contributed by atoms with Crippen LogP contribution in [0.4, 0.5) is 0 Å². The zero-order valence-corrected chi connectivity index (χ0v) is 18.7. The van der Waals surface area contributed by atoms with Crippen molar-refractivity contribution in [2.45, 2.75) is 56.5 Å². The maximum Gasteiger partial charge on any atom is 0.326 e. The van der Waals surface area contributed by atoms with E-state index in [1.807, 2.05) is 5.32 Å². The molecule has 14 nitrogen and oxygen atoms in total. The van der Waals surface area contributed by atoms with Crippen LogP contribution < -0.4 is 21.7 Å². The number of carbonyl (C=O) groups excluding carboxylic acids is 3. The molecule has 0 radical (unpaired) electrons. The summed E-state index contributed by atoms with van der Waals surface area (Å²) in [5.74, 6) is -7.90. The third-order valence-corrected chi connectivity index (χ3v) is 4.70. The summed E-state index contributed by atoms with van der Waals surface area (Å²) >= 11 is 0. The first-order chi connectivity index (χ1) is 16.3. The summed E-state index contributed by atoms with van der Waals surface area (Å²) in [6, 6.07) is 2.19. The van der Waals surface area contributed by atoms with Gasteiger partial charge in [0.1, 0.15) is 18.1 Å². The van der Waals surface area contributed by atoms with Crippen LogP contribution in [0.15, 0.2) is 30.3 Å². The molecule has 1 aromatic rings. The van der Waals surface area contributed by atoms with Crippen molar-refractivity contribution in [3.8, 4) is 0 Å². The second kappa shape index (κ2) is 13.6. The fourth-order valence-corrected chi connectivity index (χ4v) is 2.92. The van der Waals surface area contributed by atoms with Gasteiger partial charge in [-0.15, -0.1) is 0 Å². The van der Waals surface area contributed by atoms with Crippen LogP contribution >= 0.6 is 0 Å². The molecule has 0 aromatic heterocycles. The Labute approximate surface area is 199 Å². The summed E-state index contributed by atoms with van der Waals surface area (Å²) in [6.07, 6.45) is -3.37. The quantitative estimate of drug-likeness (QED) is 0.133. The standard InChI is InChI=1S/C21H28N4O10/c1-10(26)17(20(33)24-14(21(34)35)9-16(29)30)25-19(32)13(8-15(27)28)23-18(31)12(22)7-11-5-3-2-4-6-11/h2-6,10,12-14,17,26H,7-9,22H2,1H3,(H,23,31)(H,24,33)(H,25,32)(H,27,28)(H,29,30)(H,34,35). The lowest BCUT2D eigenvalue weighted by Gasteiger charge is -2.25. The number of aliphatic carboxylic acids is 3. The van der Waals surface area contributed by atoms with E-state index in [0.29, 0.717) is 0 Å². The predicted octanol–water partition coefficient (Wildman–Crippen LogP) is -2.57. The molecule has 1 aromatic carbocycles. The Balaban J connectivity index is 2.94. The number of carboxylic acids is 3. The van der Waals surface area contributed by atoms with Gasteiger partial charge in [-0.2, -0.15) is 0 Å². The SMILES string of the molecule is CC(O)C(NC(=O)C(CC(=O)O)NC(=O)C(N)Cc1ccccc1)C(=O)NC(CC(=O)O)C(=O)O. The number of hydrogen-bond acceptors (Lipinski definition) is 8. The summed E-state index contributed by atoms with van der Waals surface area (Å²) in [7, 11) is 0. The van der Waals surface area contributed by atoms with Crippen LogP contribution in [-0.2, 0) is 35.2 Å². The first-order valence-corrected chi connectivity index (χ1v) is 10.4. The minimum Gasteiger partial charge on any atom is -0.481 e. The Bertz CT molecular complexity index is 937. The van der Waals surface area contributed by atoms with E-state index in [9.17, 15) is 33.9 Å². The van der Waals surface area contributed by atoms with E-state index in [0.717, 1.165) is 12.5 Å². The van der Waals surface area contributed by atoms with Gasteiger partial charge >= 0.3 is 17.9 Å². The molecule has 5 unspecified atom stereocenters. The fourth-order valence-electron chi connectivity index (χ4n) is 2.92. The Morgan fingerprint density at radius 3 is 1.80 bits per heavy atom. The molecule has 0 saturated carbocycles. The molecule has 5 atom stereocenters. The van der Waals surface area contributed by atoms with Crippen molar-refractivity contribution >= 4 is 35.6 Å². The van der Waals surface area contributed by atoms with Crippen molar-refractivity contribution in [2.75, 3.05) is 0 Å². The van der Waals surface area contributed by atoms with Gasteiger partial charge in [0.15, 0.2) is 0 Å². The average Bonchev–Trinajstić information content (AvgIpc) is 2.75. The van der Waals surface area contributed by atoms with Gasteiger partial charge in [-0.05, 0) is 18.9 Å². The molecule has 9 N–H and O–H groups in total. The van der Waals surface area contributed by atoms with E-state index < -0.39 is 78.7 Å². The molecule has 0 aliphatic carbocycles. The van der Waals surface area contributed by atoms with Gasteiger partial charge in [0.2, 0.25) is 17.7 Å². The van der Waals surface area contributed by atoms with E-state index in [2.05, 4.69) is 10.6 Å². The first-order valence-electron chi connectivity index (χ1n) is 10.4. The Morgan fingerprint density at radius 1 is 0.800 bits per heavy atom. The largest absolute Gasteiger partial charge is 0.481 e. The van der Waals surface area contributed by atoms with Crippen LogP contribution in [-0.4, -0.2) is 86.3 Å². The molecule has 0 aliphatic heterocycles. The van der Waals surface area contributed by atoms with Crippen LogP contribution in [0.25, 0.3) is 0 Å². The minimum absolute atomic E-state index is 0.0902. The number of rotatable bonds is 14. The number of carbonyl (C=O) groups is 6.